The van der Waals surface area contributed by atoms with Crippen molar-refractivity contribution < 1.29 is 14.7 Å². The zero-order chi connectivity index (χ0) is 10.4. The number of aliphatic hydroxyl groups excluding tert-OH is 1. The molecular weight excluding hydrogens is 186 g/mol. The van der Waals surface area contributed by atoms with Crippen molar-refractivity contribution in [2.24, 2.45) is 11.8 Å². The fourth-order valence-corrected chi connectivity index (χ4v) is 1.63. The second-order valence-corrected chi connectivity index (χ2v) is 3.48. The van der Waals surface area contributed by atoms with Gasteiger partial charge in [-0.3, -0.25) is 4.79 Å². The van der Waals surface area contributed by atoms with Crippen LogP contribution in [0.5, 0.6) is 0 Å². The first-order chi connectivity index (χ1) is 6.76. The van der Waals surface area contributed by atoms with Crippen LogP contribution < -0.4 is 11.4 Å². The van der Waals surface area contributed by atoms with E-state index in [1.54, 1.807) is 0 Å². The van der Waals surface area contributed by atoms with Crippen LogP contribution >= 0.6 is 0 Å². The lowest BCUT2D eigenvalue weighted by Crippen LogP contribution is -2.30. The molecule has 1 fully saturated rings. The zero-order valence-corrected chi connectivity index (χ0v) is 8.11. The van der Waals surface area contributed by atoms with Crippen molar-refractivity contribution >= 4 is 5.97 Å². The van der Waals surface area contributed by atoms with E-state index >= 15 is 0 Å². The Labute approximate surface area is 82.9 Å². The Kier molecular flexibility index (Phi) is 4.81. The fourth-order valence-electron chi connectivity index (χ4n) is 1.63. The number of hydrogen-bond acceptors (Lipinski definition) is 6. The summed E-state index contributed by atoms with van der Waals surface area (Å²) in [4.78, 5) is 17.4. The number of aliphatic hydroxyl groups is 1. The average molecular weight is 203 g/mol. The quantitative estimate of drug-likeness (QED) is 0.377. The van der Waals surface area contributed by atoms with E-state index < -0.39 is 0 Å². The summed E-state index contributed by atoms with van der Waals surface area (Å²) in [5.74, 6) is 4.82. The number of hydrazine groups is 1. The van der Waals surface area contributed by atoms with Crippen molar-refractivity contribution in [2.45, 2.75) is 12.8 Å². The van der Waals surface area contributed by atoms with Crippen molar-refractivity contribution in [3.05, 3.63) is 0 Å². The van der Waals surface area contributed by atoms with E-state index in [1.165, 1.54) is 0 Å². The maximum absolute atomic E-state index is 10.9. The predicted molar refractivity (Wildman–Crippen MR) is 49.7 cm³/mol. The number of carbonyl (C=O) groups excluding carboxylic acids is 1. The molecule has 1 saturated heterocycles. The molecule has 0 aromatic carbocycles. The smallest absolute Gasteiger partial charge is 0.327 e. The van der Waals surface area contributed by atoms with E-state index in [4.69, 9.17) is 10.9 Å². The molecule has 1 heterocycles. The van der Waals surface area contributed by atoms with Gasteiger partial charge in [-0.15, -0.1) is 0 Å². The summed E-state index contributed by atoms with van der Waals surface area (Å²) < 4.78 is 0. The Morgan fingerprint density at radius 2 is 2.50 bits per heavy atom. The number of likely N-dealkylation sites (tertiary alicyclic amines) is 1. The van der Waals surface area contributed by atoms with Crippen LogP contribution in [0.1, 0.15) is 12.8 Å². The molecule has 14 heavy (non-hydrogen) atoms. The number of nitrogens with zero attached hydrogens (tertiary/aromatic N) is 1. The Hall–Kier alpha value is -0.690. The zero-order valence-electron chi connectivity index (χ0n) is 8.11. The number of nitrogens with one attached hydrogen (secondary N) is 1. The van der Waals surface area contributed by atoms with Gasteiger partial charge in [0.2, 0.25) is 0 Å². The third-order valence-electron chi connectivity index (χ3n) is 2.43. The third kappa shape index (κ3) is 3.59. The van der Waals surface area contributed by atoms with Crippen molar-refractivity contribution in [1.29, 1.82) is 0 Å². The van der Waals surface area contributed by atoms with Crippen LogP contribution in [0.4, 0.5) is 0 Å². The van der Waals surface area contributed by atoms with E-state index in [0.29, 0.717) is 18.9 Å². The first kappa shape index (κ1) is 11.4. The van der Waals surface area contributed by atoms with Gasteiger partial charge in [0.15, 0.2) is 0 Å². The Bertz CT molecular complexity index is 189. The molecule has 0 spiro atoms. The first-order valence-corrected chi connectivity index (χ1v) is 4.74. The van der Waals surface area contributed by atoms with Crippen LogP contribution in [0.25, 0.3) is 0 Å². The molecule has 1 unspecified atom stereocenters. The largest absolute Gasteiger partial charge is 0.396 e. The molecule has 0 aliphatic carbocycles. The lowest BCUT2D eigenvalue weighted by molar-refractivity contribution is -0.151. The highest BCUT2D eigenvalue weighted by Gasteiger charge is 2.21. The third-order valence-corrected chi connectivity index (χ3v) is 2.43. The number of carbonyl (C=O) groups is 1. The minimum absolute atomic E-state index is 0.227. The minimum atomic E-state index is -0.361. The maximum atomic E-state index is 10.9. The van der Waals surface area contributed by atoms with Crippen LogP contribution in [0, 0.1) is 5.92 Å². The molecule has 0 aromatic rings. The average Bonchev–Trinajstić information content (AvgIpc) is 2.63. The van der Waals surface area contributed by atoms with Gasteiger partial charge in [0.25, 0.3) is 0 Å². The Morgan fingerprint density at radius 1 is 1.71 bits per heavy atom. The highest BCUT2D eigenvalue weighted by molar-refractivity contribution is 5.69. The van der Waals surface area contributed by atoms with Gasteiger partial charge < -0.3 is 14.8 Å². The lowest BCUT2D eigenvalue weighted by atomic mass is 10.1. The van der Waals surface area contributed by atoms with Gasteiger partial charge in [0.05, 0.1) is 6.42 Å². The topological polar surface area (TPSA) is 87.8 Å². The molecule has 1 aliphatic heterocycles. The summed E-state index contributed by atoms with van der Waals surface area (Å²) in [6.07, 6.45) is 1.32. The maximum Gasteiger partial charge on any atom is 0.327 e. The number of rotatable bonds is 5. The van der Waals surface area contributed by atoms with Crippen LogP contribution in [0.2, 0.25) is 0 Å². The predicted octanol–water partition coefficient (Wildman–Crippen LogP) is -1.39. The van der Waals surface area contributed by atoms with E-state index in [0.717, 1.165) is 19.5 Å². The van der Waals surface area contributed by atoms with Gasteiger partial charge >= 0.3 is 5.97 Å². The first-order valence-electron chi connectivity index (χ1n) is 4.74. The summed E-state index contributed by atoms with van der Waals surface area (Å²) in [6.45, 7) is 2.69. The normalized spacial score (nSPS) is 22.6. The molecule has 82 valence electrons. The second-order valence-electron chi connectivity index (χ2n) is 3.48. The second kappa shape index (κ2) is 5.92. The van der Waals surface area contributed by atoms with Gasteiger partial charge in [-0.1, -0.05) is 5.59 Å². The van der Waals surface area contributed by atoms with Gasteiger partial charge in [0.1, 0.15) is 0 Å². The molecule has 4 N–H and O–H groups in total. The van der Waals surface area contributed by atoms with E-state index in [9.17, 15) is 4.79 Å². The van der Waals surface area contributed by atoms with E-state index in [-0.39, 0.29) is 12.6 Å². The molecular formula is C8H17N3O3. The molecule has 1 rings (SSSR count). The van der Waals surface area contributed by atoms with E-state index in [2.05, 4.69) is 9.74 Å². The molecule has 0 bridgehead atoms. The van der Waals surface area contributed by atoms with Gasteiger partial charge in [-0.25, -0.2) is 5.84 Å². The molecule has 6 nitrogen and oxygen atoms in total. The molecule has 0 amide bonds. The van der Waals surface area contributed by atoms with Gasteiger partial charge in [-0.2, -0.15) is 0 Å². The van der Waals surface area contributed by atoms with Crippen molar-refractivity contribution in [3.63, 3.8) is 0 Å². The highest BCUT2D eigenvalue weighted by Crippen LogP contribution is 2.15. The van der Waals surface area contributed by atoms with Crippen LogP contribution in [0.3, 0.4) is 0 Å². The molecule has 0 saturated carbocycles. The van der Waals surface area contributed by atoms with Crippen LogP contribution in [0.15, 0.2) is 0 Å². The Balaban J connectivity index is 2.11. The monoisotopic (exact) mass is 203 g/mol. The summed E-state index contributed by atoms with van der Waals surface area (Å²) in [5.41, 5.74) is 1.85. The molecule has 0 radical (unpaired) electrons. The number of nitrogens with two attached hydrogens (primary N) is 1. The highest BCUT2D eigenvalue weighted by atomic mass is 16.7. The fraction of sp³-hybridized carbons (Fsp3) is 0.875. The molecule has 1 atom stereocenters. The SMILES string of the molecule is NNOC(=O)CCN1CCC(CO)C1. The molecule has 1 aliphatic rings. The molecule has 6 heteroatoms. The van der Waals surface area contributed by atoms with Crippen LogP contribution in [-0.4, -0.2) is 42.2 Å². The summed E-state index contributed by atoms with van der Waals surface area (Å²) in [6, 6.07) is 0. The van der Waals surface area contributed by atoms with Crippen molar-refractivity contribution in [2.75, 3.05) is 26.2 Å². The lowest BCUT2D eigenvalue weighted by Gasteiger charge is -2.14. The molecule has 0 aromatic heterocycles. The summed E-state index contributed by atoms with van der Waals surface area (Å²) in [5, 5.41) is 8.90. The Morgan fingerprint density at radius 3 is 3.07 bits per heavy atom. The van der Waals surface area contributed by atoms with Crippen LogP contribution in [-0.2, 0) is 9.63 Å². The minimum Gasteiger partial charge on any atom is -0.396 e. The summed E-state index contributed by atoms with van der Waals surface area (Å²) in [7, 11) is 0. The number of hydrogen-bond donors (Lipinski definition) is 3. The van der Waals surface area contributed by atoms with Crippen molar-refractivity contribution in [1.82, 2.24) is 10.5 Å². The standard InChI is InChI=1S/C8H17N3O3/c9-10-14-8(13)2-4-11-3-1-7(5-11)6-12/h7,10,12H,1-6,9H2. The summed E-state index contributed by atoms with van der Waals surface area (Å²) >= 11 is 0. The van der Waals surface area contributed by atoms with E-state index in [1.807, 2.05) is 5.59 Å². The van der Waals surface area contributed by atoms with Gasteiger partial charge in [-0.05, 0) is 18.9 Å². The van der Waals surface area contributed by atoms with Gasteiger partial charge in [0, 0.05) is 19.7 Å². The van der Waals surface area contributed by atoms with Crippen molar-refractivity contribution in [3.8, 4) is 0 Å².